The molecule has 0 aliphatic carbocycles. The number of benzene rings is 7. The van der Waals surface area contributed by atoms with Gasteiger partial charge in [0.15, 0.2) is 0 Å². The third-order valence-electron chi connectivity index (χ3n) is 12.6. The first kappa shape index (κ1) is 33.5. The smallest absolute Gasteiger partial charge is 0.135 e. The van der Waals surface area contributed by atoms with Crippen molar-refractivity contribution < 1.29 is 34.8 Å². The molecular formula is C59H55N4PtSi-3. The van der Waals surface area contributed by atoms with E-state index in [1.54, 1.807) is 0 Å². The van der Waals surface area contributed by atoms with Crippen molar-refractivity contribution in [2.24, 2.45) is 0 Å². The number of fused-ring (bicyclic) bond motifs is 4. The van der Waals surface area contributed by atoms with Gasteiger partial charge < -0.3 is 14.4 Å². The molecule has 0 saturated heterocycles. The van der Waals surface area contributed by atoms with Crippen molar-refractivity contribution in [1.29, 1.82) is 0 Å². The Morgan fingerprint density at radius 3 is 1.91 bits per heavy atom. The summed E-state index contributed by atoms with van der Waals surface area (Å²) in [5.74, 6) is 0.822. The van der Waals surface area contributed by atoms with Crippen LogP contribution in [0.4, 0.5) is 22.7 Å². The van der Waals surface area contributed by atoms with Gasteiger partial charge in [-0.3, -0.25) is 0 Å². The van der Waals surface area contributed by atoms with Crippen LogP contribution in [0.3, 0.4) is 0 Å². The first-order valence-corrected chi connectivity index (χ1v) is 25.2. The predicted octanol–water partition coefficient (Wildman–Crippen LogP) is 14.9. The zero-order valence-electron chi connectivity index (χ0n) is 48.0. The predicted molar refractivity (Wildman–Crippen MR) is 274 cm³/mol. The topological polar surface area (TPSA) is 24.3 Å². The Balaban J connectivity index is 0.00000689. The van der Waals surface area contributed by atoms with Gasteiger partial charge in [-0.1, -0.05) is 137 Å². The third kappa shape index (κ3) is 7.98. The summed E-state index contributed by atoms with van der Waals surface area (Å²) in [5.41, 5.74) is 9.74. The monoisotopic (exact) mass is 1050 g/mol. The van der Waals surface area contributed by atoms with Crippen LogP contribution in [0.1, 0.15) is 67.9 Å². The van der Waals surface area contributed by atoms with E-state index in [1.165, 1.54) is 10.8 Å². The van der Waals surface area contributed by atoms with Crippen molar-refractivity contribution in [1.82, 2.24) is 9.55 Å². The molecule has 3 heterocycles. The molecule has 0 bridgehead atoms. The van der Waals surface area contributed by atoms with Crippen LogP contribution in [0.5, 0.6) is 0 Å². The van der Waals surface area contributed by atoms with E-state index in [9.17, 15) is 5.48 Å². The molecule has 2 aromatic heterocycles. The van der Waals surface area contributed by atoms with E-state index in [-0.39, 0.29) is 48.7 Å². The van der Waals surface area contributed by atoms with Crippen LogP contribution < -0.4 is 15.0 Å². The molecule has 10 rings (SSSR count). The molecule has 0 spiro atoms. The molecule has 6 heteroatoms. The van der Waals surface area contributed by atoms with Crippen LogP contribution >= 0.6 is 0 Å². The Labute approximate surface area is 414 Å². The molecule has 4 nitrogen and oxygen atoms in total. The number of hydrogen-bond acceptors (Lipinski definition) is 3. The molecule has 0 saturated carbocycles. The minimum absolute atomic E-state index is 0. The summed E-state index contributed by atoms with van der Waals surface area (Å²) < 4.78 is 91.7. The second-order valence-electron chi connectivity index (χ2n) is 18.8. The van der Waals surface area contributed by atoms with E-state index in [2.05, 4.69) is 112 Å². The molecule has 0 radical (unpaired) electrons. The number of para-hydroxylation sites is 3. The van der Waals surface area contributed by atoms with E-state index in [0.29, 0.717) is 34.5 Å². The normalized spacial score (nSPS) is 15.0. The van der Waals surface area contributed by atoms with E-state index < -0.39 is 68.5 Å². The van der Waals surface area contributed by atoms with Crippen molar-refractivity contribution in [2.45, 2.75) is 73.0 Å². The zero-order chi connectivity index (χ0) is 53.2. The van der Waals surface area contributed by atoms with Gasteiger partial charge in [-0.15, -0.1) is 17.7 Å². The van der Waals surface area contributed by atoms with Crippen LogP contribution in [-0.2, 0) is 32.9 Å². The number of pyridine rings is 1. The van der Waals surface area contributed by atoms with Gasteiger partial charge >= 0.3 is 0 Å². The number of aromatic nitrogens is 2. The fourth-order valence-corrected chi connectivity index (χ4v) is 10.2. The van der Waals surface area contributed by atoms with Gasteiger partial charge in [-0.25, -0.2) is 4.98 Å². The fourth-order valence-electron chi connectivity index (χ4n) is 8.98. The van der Waals surface area contributed by atoms with Crippen LogP contribution in [0.25, 0.3) is 49.9 Å². The molecule has 0 atom stereocenters. The van der Waals surface area contributed by atoms with Gasteiger partial charge in [0.2, 0.25) is 0 Å². The standard InChI is InChI=1S/C59H55N4Si.Pt/c1-39-40(2)56(44-20-12-10-13-21-44)58(57(41(39)3)45-22-14-11-15-23-45)62-38-61(52-26-18-19-27-53(52)62)47-33-43(34-48(37-47)64(7,8)9)32-42-28-29-50-49-24-16-17-25-51(49)63(54(50)35-42)55-36-46(30-31-60-55)59(4,5)6;/h10-31,34,36-38H,32H2,1-9H3;/q-3;/i10D,11D,12D,13D,14D,15D,20D,21D,22D,23D;. The van der Waals surface area contributed by atoms with Gasteiger partial charge in [0.1, 0.15) is 5.82 Å². The summed E-state index contributed by atoms with van der Waals surface area (Å²) >= 11 is 0. The van der Waals surface area contributed by atoms with Crippen LogP contribution in [0.2, 0.25) is 19.6 Å². The number of anilines is 4. The van der Waals surface area contributed by atoms with Crippen molar-refractivity contribution in [2.75, 3.05) is 9.80 Å². The van der Waals surface area contributed by atoms with E-state index in [0.717, 1.165) is 50.1 Å². The van der Waals surface area contributed by atoms with Crippen LogP contribution in [-0.4, -0.2) is 17.6 Å². The average molecular weight is 1050 g/mol. The summed E-state index contributed by atoms with van der Waals surface area (Å²) in [7, 11) is -2.04. The molecule has 1 aliphatic heterocycles. The van der Waals surface area contributed by atoms with E-state index >= 15 is 0 Å². The molecule has 0 amide bonds. The molecule has 9 aromatic rings. The summed E-state index contributed by atoms with van der Waals surface area (Å²) in [6.07, 6.45) is 2.38. The van der Waals surface area contributed by atoms with Gasteiger partial charge in [0.25, 0.3) is 0 Å². The van der Waals surface area contributed by atoms with Crippen LogP contribution in [0.15, 0.2) is 152 Å². The molecule has 328 valence electrons. The maximum Gasteiger partial charge on any atom is 0.135 e. The van der Waals surface area contributed by atoms with Gasteiger partial charge in [-0.2, -0.15) is 52.7 Å². The summed E-state index contributed by atoms with van der Waals surface area (Å²) in [6.45, 7) is 20.9. The Kier molecular flexibility index (Phi) is 8.80. The summed E-state index contributed by atoms with van der Waals surface area (Å²) in [5, 5.41) is 3.37. The molecule has 0 unspecified atom stereocenters. The third-order valence-corrected chi connectivity index (χ3v) is 14.6. The zero-order valence-corrected chi connectivity index (χ0v) is 41.3. The molecule has 7 aromatic carbocycles. The summed E-state index contributed by atoms with van der Waals surface area (Å²) in [6, 6.07) is 31.8. The van der Waals surface area contributed by atoms with Crippen molar-refractivity contribution in [3.63, 3.8) is 0 Å². The number of nitrogens with zero attached hydrogens (tertiary/aromatic N) is 4. The minimum atomic E-state index is -2.04. The Morgan fingerprint density at radius 1 is 0.662 bits per heavy atom. The molecule has 0 fully saturated rings. The maximum absolute atomic E-state index is 9.31. The maximum atomic E-state index is 9.31. The van der Waals surface area contributed by atoms with Crippen molar-refractivity contribution >= 4 is 57.8 Å². The van der Waals surface area contributed by atoms with Gasteiger partial charge in [-0.05, 0) is 102 Å². The second-order valence-corrected chi connectivity index (χ2v) is 23.9. The fraction of sp³-hybridized carbons (Fsp3) is 0.186. The van der Waals surface area contributed by atoms with E-state index in [4.69, 9.17) is 13.2 Å². The van der Waals surface area contributed by atoms with Gasteiger partial charge in [0.05, 0.1) is 21.8 Å². The van der Waals surface area contributed by atoms with Crippen molar-refractivity contribution in [3.05, 3.63) is 204 Å². The van der Waals surface area contributed by atoms with E-state index in [1.807, 2.05) is 73.8 Å². The van der Waals surface area contributed by atoms with Gasteiger partial charge in [0, 0.05) is 61.0 Å². The number of hydrogen-bond donors (Lipinski definition) is 0. The first-order valence-electron chi connectivity index (χ1n) is 26.7. The Bertz CT molecular complexity index is 3690. The average Bonchev–Trinajstić information content (AvgIpc) is 3.92. The second kappa shape index (κ2) is 17.1. The number of rotatable bonds is 8. The largest absolute Gasteiger partial charge is 0.493 e. The Hall–Kier alpha value is -6.00. The SMILES string of the molecule is [2H]c1c([2H])c([2H])c(-c2c(C)c(C)c(C)c(-c3c([2H])c([2H])c([2H])c([2H])c3[2H])c2N2[CH-]N(c3[c-]c(Cc4[c-]c5c(cc4)c4ccccc4n5-c4cc(C(C)(C)C)ccn4)cc([Si](C)(C)C)c3)c3ccccc32)c([2H])c1[2H].[Pt]. The minimum Gasteiger partial charge on any atom is -0.493 e. The van der Waals surface area contributed by atoms with Crippen molar-refractivity contribution in [3.8, 4) is 28.1 Å². The summed E-state index contributed by atoms with van der Waals surface area (Å²) in [4.78, 5) is 8.80. The molecular weight excluding hydrogens is 988 g/mol. The first-order chi connectivity index (χ1) is 34.9. The Morgan fingerprint density at radius 2 is 1.28 bits per heavy atom. The molecule has 1 aliphatic rings. The molecule has 65 heavy (non-hydrogen) atoms. The van der Waals surface area contributed by atoms with Crippen LogP contribution in [0, 0.1) is 39.6 Å². The molecule has 0 N–H and O–H groups in total. The quantitative estimate of drug-likeness (QED) is 0.112.